The molecule has 0 radical (unpaired) electrons. The van der Waals surface area contributed by atoms with E-state index >= 15 is 0 Å². The van der Waals surface area contributed by atoms with Crippen LogP contribution in [0.1, 0.15) is 15.9 Å². The summed E-state index contributed by atoms with van der Waals surface area (Å²) in [5.74, 6) is -0.205. The van der Waals surface area contributed by atoms with Gasteiger partial charge in [-0.2, -0.15) is 5.10 Å². The number of hydrogen-bond acceptors (Lipinski definition) is 5. The van der Waals surface area contributed by atoms with Crippen molar-refractivity contribution in [3.05, 3.63) is 89.7 Å². The molecule has 0 aromatic heterocycles. The van der Waals surface area contributed by atoms with Crippen molar-refractivity contribution in [2.45, 2.75) is 0 Å². The van der Waals surface area contributed by atoms with E-state index in [1.54, 1.807) is 48.5 Å². The molecule has 7 nitrogen and oxygen atoms in total. The van der Waals surface area contributed by atoms with Gasteiger partial charge in [0.05, 0.1) is 13.3 Å². The van der Waals surface area contributed by atoms with Crippen LogP contribution >= 0.6 is 0 Å². The van der Waals surface area contributed by atoms with Gasteiger partial charge in [-0.1, -0.05) is 18.2 Å². The van der Waals surface area contributed by atoms with E-state index in [1.165, 1.54) is 37.6 Å². The molecular weight excluding hydrogens is 401 g/mol. The lowest BCUT2D eigenvalue weighted by molar-refractivity contribution is -0.118. The Kier molecular flexibility index (Phi) is 7.31. The maximum atomic E-state index is 12.9. The van der Waals surface area contributed by atoms with Crippen LogP contribution < -0.4 is 20.2 Å². The Labute approximate surface area is 178 Å². The molecule has 0 bridgehead atoms. The van der Waals surface area contributed by atoms with Crippen molar-refractivity contribution < 1.29 is 23.5 Å². The van der Waals surface area contributed by atoms with Gasteiger partial charge in [0.15, 0.2) is 6.61 Å². The average molecular weight is 421 g/mol. The highest BCUT2D eigenvalue weighted by Gasteiger charge is 2.08. The standard InChI is InChI=1S/C23H20FN3O4/c1-30-20-7-4-6-16(13-20)23(29)27-25-14-17-5-2-3-8-21(17)31-15-22(28)26-19-11-9-18(24)10-12-19/h2-14H,15H2,1H3,(H,26,28)(H,27,29). The maximum absolute atomic E-state index is 12.9. The van der Waals surface area contributed by atoms with Crippen molar-refractivity contribution in [2.75, 3.05) is 19.0 Å². The number of hydrazone groups is 1. The lowest BCUT2D eigenvalue weighted by Gasteiger charge is -2.09. The van der Waals surface area contributed by atoms with Gasteiger partial charge in [0.25, 0.3) is 11.8 Å². The topological polar surface area (TPSA) is 89.0 Å². The van der Waals surface area contributed by atoms with E-state index < -0.39 is 11.8 Å². The van der Waals surface area contributed by atoms with Crippen LogP contribution in [0.15, 0.2) is 77.9 Å². The monoisotopic (exact) mass is 421 g/mol. The molecule has 3 aromatic rings. The number of rotatable bonds is 8. The van der Waals surface area contributed by atoms with Gasteiger partial charge in [-0.05, 0) is 54.6 Å². The highest BCUT2D eigenvalue weighted by molar-refractivity contribution is 5.95. The molecule has 0 atom stereocenters. The predicted octanol–water partition coefficient (Wildman–Crippen LogP) is 3.62. The number of anilines is 1. The third-order valence-electron chi connectivity index (χ3n) is 4.11. The first-order valence-corrected chi connectivity index (χ1v) is 9.30. The van der Waals surface area contributed by atoms with Gasteiger partial charge in [-0.15, -0.1) is 0 Å². The summed E-state index contributed by atoms with van der Waals surface area (Å²) in [6, 6.07) is 19.0. The van der Waals surface area contributed by atoms with E-state index in [-0.39, 0.29) is 12.4 Å². The number of para-hydroxylation sites is 1. The normalized spacial score (nSPS) is 10.5. The number of hydrogen-bond donors (Lipinski definition) is 2. The number of benzene rings is 3. The number of carbonyl (C=O) groups is 2. The van der Waals surface area contributed by atoms with Crippen LogP contribution in [-0.2, 0) is 4.79 Å². The molecule has 0 unspecified atom stereocenters. The van der Waals surface area contributed by atoms with E-state index in [4.69, 9.17) is 9.47 Å². The summed E-state index contributed by atoms with van der Waals surface area (Å²) in [5.41, 5.74) is 3.87. The third kappa shape index (κ3) is 6.40. The molecule has 0 fully saturated rings. The Bertz CT molecular complexity index is 1080. The summed E-state index contributed by atoms with van der Waals surface area (Å²) < 4.78 is 23.6. The quantitative estimate of drug-likeness (QED) is 0.430. The van der Waals surface area contributed by atoms with Gasteiger partial charge in [0.1, 0.15) is 17.3 Å². The summed E-state index contributed by atoms with van der Waals surface area (Å²) in [7, 11) is 1.52. The zero-order chi connectivity index (χ0) is 22.1. The molecule has 158 valence electrons. The van der Waals surface area contributed by atoms with Crippen LogP contribution in [0.2, 0.25) is 0 Å². The van der Waals surface area contributed by atoms with E-state index in [2.05, 4.69) is 15.8 Å². The van der Waals surface area contributed by atoms with Gasteiger partial charge < -0.3 is 14.8 Å². The Hall–Kier alpha value is -4.20. The smallest absolute Gasteiger partial charge is 0.271 e. The molecular formula is C23H20FN3O4. The molecule has 31 heavy (non-hydrogen) atoms. The SMILES string of the molecule is COc1cccc(C(=O)NN=Cc2ccccc2OCC(=O)Nc2ccc(F)cc2)c1. The maximum Gasteiger partial charge on any atom is 0.271 e. The summed E-state index contributed by atoms with van der Waals surface area (Å²) in [4.78, 5) is 24.3. The first-order chi connectivity index (χ1) is 15.0. The fourth-order valence-electron chi connectivity index (χ4n) is 2.58. The second-order valence-corrected chi connectivity index (χ2v) is 6.31. The Morgan fingerprint density at radius 3 is 2.58 bits per heavy atom. The van der Waals surface area contributed by atoms with Crippen LogP contribution in [0, 0.1) is 5.82 Å². The van der Waals surface area contributed by atoms with Crippen LogP contribution in [0.25, 0.3) is 0 Å². The number of carbonyl (C=O) groups excluding carboxylic acids is 2. The zero-order valence-corrected chi connectivity index (χ0v) is 16.7. The fraction of sp³-hybridized carbons (Fsp3) is 0.0870. The number of ether oxygens (including phenoxy) is 2. The molecule has 3 aromatic carbocycles. The molecule has 0 spiro atoms. The van der Waals surface area contributed by atoms with E-state index in [0.29, 0.717) is 28.3 Å². The average Bonchev–Trinajstić information content (AvgIpc) is 2.80. The fourth-order valence-corrected chi connectivity index (χ4v) is 2.58. The molecule has 2 N–H and O–H groups in total. The molecule has 0 heterocycles. The van der Waals surface area contributed by atoms with Crippen molar-refractivity contribution in [1.82, 2.24) is 5.43 Å². The lowest BCUT2D eigenvalue weighted by atomic mass is 10.2. The Morgan fingerprint density at radius 1 is 1.03 bits per heavy atom. The van der Waals surface area contributed by atoms with E-state index in [9.17, 15) is 14.0 Å². The van der Waals surface area contributed by atoms with Gasteiger partial charge in [0.2, 0.25) is 0 Å². The highest BCUT2D eigenvalue weighted by Crippen LogP contribution is 2.16. The molecule has 8 heteroatoms. The summed E-state index contributed by atoms with van der Waals surface area (Å²) >= 11 is 0. The van der Waals surface area contributed by atoms with Crippen molar-refractivity contribution in [3.8, 4) is 11.5 Å². The first-order valence-electron chi connectivity index (χ1n) is 9.30. The van der Waals surface area contributed by atoms with Crippen LogP contribution in [0.3, 0.4) is 0 Å². The molecule has 2 amide bonds. The minimum Gasteiger partial charge on any atom is -0.497 e. The van der Waals surface area contributed by atoms with Crippen LogP contribution in [0.5, 0.6) is 11.5 Å². The second kappa shape index (κ2) is 10.5. The van der Waals surface area contributed by atoms with Crippen molar-refractivity contribution >= 4 is 23.7 Å². The summed E-state index contributed by atoms with van der Waals surface area (Å²) in [6.45, 7) is -0.252. The summed E-state index contributed by atoms with van der Waals surface area (Å²) in [5, 5.41) is 6.57. The van der Waals surface area contributed by atoms with Gasteiger partial charge >= 0.3 is 0 Å². The van der Waals surface area contributed by atoms with Crippen molar-refractivity contribution in [2.24, 2.45) is 5.10 Å². The van der Waals surface area contributed by atoms with Gasteiger partial charge in [0, 0.05) is 16.8 Å². The van der Waals surface area contributed by atoms with Crippen molar-refractivity contribution in [1.29, 1.82) is 0 Å². The Balaban J connectivity index is 1.57. The minimum absolute atomic E-state index is 0.252. The van der Waals surface area contributed by atoms with Crippen LogP contribution in [-0.4, -0.2) is 31.7 Å². The number of nitrogens with one attached hydrogen (secondary N) is 2. The second-order valence-electron chi connectivity index (χ2n) is 6.31. The molecule has 0 aliphatic rings. The van der Waals surface area contributed by atoms with E-state index in [1.807, 2.05) is 0 Å². The van der Waals surface area contributed by atoms with Crippen LogP contribution in [0.4, 0.5) is 10.1 Å². The highest BCUT2D eigenvalue weighted by atomic mass is 19.1. The Morgan fingerprint density at radius 2 is 1.81 bits per heavy atom. The van der Waals surface area contributed by atoms with E-state index in [0.717, 1.165) is 0 Å². The lowest BCUT2D eigenvalue weighted by Crippen LogP contribution is -2.20. The molecule has 0 saturated carbocycles. The number of halogens is 1. The number of nitrogens with zero attached hydrogens (tertiary/aromatic N) is 1. The van der Waals surface area contributed by atoms with Crippen molar-refractivity contribution in [3.63, 3.8) is 0 Å². The minimum atomic E-state index is -0.398. The third-order valence-corrected chi connectivity index (χ3v) is 4.11. The molecule has 3 rings (SSSR count). The zero-order valence-electron chi connectivity index (χ0n) is 16.7. The van der Waals surface area contributed by atoms with Gasteiger partial charge in [-0.3, -0.25) is 9.59 Å². The largest absolute Gasteiger partial charge is 0.497 e. The molecule has 0 saturated heterocycles. The molecule has 0 aliphatic heterocycles. The predicted molar refractivity (Wildman–Crippen MR) is 115 cm³/mol. The van der Waals surface area contributed by atoms with Gasteiger partial charge in [-0.25, -0.2) is 9.82 Å². The number of methoxy groups -OCH3 is 1. The summed E-state index contributed by atoms with van der Waals surface area (Å²) in [6.07, 6.45) is 1.42. The number of amides is 2. The first kappa shape index (κ1) is 21.5. The molecule has 0 aliphatic carbocycles.